The average Bonchev–Trinajstić information content (AvgIpc) is 2.46. The van der Waals surface area contributed by atoms with Crippen molar-refractivity contribution < 1.29 is 4.74 Å². The second-order valence-electron chi connectivity index (χ2n) is 4.26. The molecule has 5 heteroatoms. The molecule has 0 aliphatic rings. The van der Waals surface area contributed by atoms with Crippen LogP contribution in [0.5, 0.6) is 5.75 Å². The number of rotatable bonds is 2. The first-order valence-electron chi connectivity index (χ1n) is 6.01. The van der Waals surface area contributed by atoms with Crippen molar-refractivity contribution in [3.05, 3.63) is 58.0 Å². The van der Waals surface area contributed by atoms with Crippen LogP contribution < -0.4 is 10.3 Å². The van der Waals surface area contributed by atoms with Crippen LogP contribution in [-0.2, 0) is 0 Å². The van der Waals surface area contributed by atoms with E-state index in [1.807, 2.05) is 18.2 Å². The normalized spacial score (nSPS) is 10.7. The van der Waals surface area contributed by atoms with Crippen LogP contribution in [0.1, 0.15) is 0 Å². The third-order valence-electron chi connectivity index (χ3n) is 3.09. The number of methoxy groups -OCH3 is 1. The predicted octanol–water partition coefficient (Wildman–Crippen LogP) is 3.25. The van der Waals surface area contributed by atoms with E-state index < -0.39 is 0 Å². The number of hydrogen-bond donors (Lipinski definition) is 1. The highest BCUT2D eigenvalue weighted by Crippen LogP contribution is 2.38. The van der Waals surface area contributed by atoms with Crippen LogP contribution in [0, 0.1) is 0 Å². The maximum atomic E-state index is 11.6. The third kappa shape index (κ3) is 2.04. The number of fused-ring (bicyclic) bond motifs is 1. The van der Waals surface area contributed by atoms with Crippen molar-refractivity contribution in [1.29, 1.82) is 0 Å². The summed E-state index contributed by atoms with van der Waals surface area (Å²) >= 11 is 6.29. The van der Waals surface area contributed by atoms with E-state index in [4.69, 9.17) is 16.3 Å². The molecule has 0 spiro atoms. The maximum absolute atomic E-state index is 11.6. The first kappa shape index (κ1) is 12.7. The molecule has 2 heterocycles. The lowest BCUT2D eigenvalue weighted by Gasteiger charge is -2.12. The van der Waals surface area contributed by atoms with Crippen molar-refractivity contribution in [2.24, 2.45) is 0 Å². The molecule has 3 aromatic rings. The molecular weight excluding hydrogens is 276 g/mol. The van der Waals surface area contributed by atoms with E-state index in [0.29, 0.717) is 21.8 Å². The van der Waals surface area contributed by atoms with Gasteiger partial charge in [0.25, 0.3) is 0 Å². The fraction of sp³-hybridized carbons (Fsp3) is 0.0667. The van der Waals surface area contributed by atoms with Gasteiger partial charge in [0.05, 0.1) is 23.2 Å². The van der Waals surface area contributed by atoms with E-state index in [-0.39, 0.29) is 5.56 Å². The van der Waals surface area contributed by atoms with Gasteiger partial charge in [-0.2, -0.15) is 0 Å². The Labute approximate surface area is 120 Å². The molecule has 3 rings (SSSR count). The van der Waals surface area contributed by atoms with Crippen molar-refractivity contribution in [2.75, 3.05) is 7.11 Å². The number of ether oxygens (including phenoxy) is 1. The second kappa shape index (κ2) is 4.98. The molecular formula is C15H11ClN2O2. The smallest absolute Gasteiger partial charge is 0.248 e. The van der Waals surface area contributed by atoms with Crippen molar-refractivity contribution in [1.82, 2.24) is 9.97 Å². The van der Waals surface area contributed by atoms with E-state index in [2.05, 4.69) is 9.97 Å². The number of benzene rings is 1. The molecule has 0 atom stereocenters. The number of pyridine rings is 2. The lowest BCUT2D eigenvalue weighted by molar-refractivity contribution is 0.416. The van der Waals surface area contributed by atoms with Gasteiger partial charge in [0.1, 0.15) is 5.75 Å². The number of nitrogens with one attached hydrogen (secondary N) is 1. The van der Waals surface area contributed by atoms with Crippen molar-refractivity contribution in [2.45, 2.75) is 0 Å². The number of hydrogen-bond acceptors (Lipinski definition) is 3. The number of aromatic nitrogens is 2. The summed E-state index contributed by atoms with van der Waals surface area (Å²) in [7, 11) is 1.58. The largest absolute Gasteiger partial charge is 0.496 e. The van der Waals surface area contributed by atoms with Gasteiger partial charge in [0, 0.05) is 23.4 Å². The molecule has 0 aliphatic heterocycles. The second-order valence-corrected chi connectivity index (χ2v) is 4.67. The minimum atomic E-state index is -0.183. The third-order valence-corrected chi connectivity index (χ3v) is 3.40. The van der Waals surface area contributed by atoms with Crippen LogP contribution in [-0.4, -0.2) is 17.1 Å². The molecule has 20 heavy (non-hydrogen) atoms. The van der Waals surface area contributed by atoms with Crippen molar-refractivity contribution in [3.63, 3.8) is 0 Å². The maximum Gasteiger partial charge on any atom is 0.248 e. The molecule has 0 amide bonds. The van der Waals surface area contributed by atoms with Gasteiger partial charge in [-0.3, -0.25) is 9.78 Å². The van der Waals surface area contributed by atoms with Gasteiger partial charge in [-0.1, -0.05) is 17.7 Å². The highest BCUT2D eigenvalue weighted by atomic mass is 35.5. The summed E-state index contributed by atoms with van der Waals surface area (Å²) in [6.07, 6.45) is 1.68. The zero-order chi connectivity index (χ0) is 14.1. The molecule has 0 saturated carbocycles. The standard InChI is InChI=1S/C15H11ClN2O2/c1-20-12-4-2-3-10(16)14(12)9-7-8-17-11-5-6-13(19)18-15(9)11/h2-8H,1H3,(H,18,19). The van der Waals surface area contributed by atoms with Gasteiger partial charge in [-0.05, 0) is 24.3 Å². The number of halogens is 1. The van der Waals surface area contributed by atoms with Crippen molar-refractivity contribution >= 4 is 22.6 Å². The Kier molecular flexibility index (Phi) is 3.16. The van der Waals surface area contributed by atoms with Crippen LogP contribution in [0.3, 0.4) is 0 Å². The zero-order valence-electron chi connectivity index (χ0n) is 10.7. The van der Waals surface area contributed by atoms with Gasteiger partial charge in [-0.25, -0.2) is 0 Å². The van der Waals surface area contributed by atoms with Crippen LogP contribution >= 0.6 is 11.6 Å². The van der Waals surface area contributed by atoms with E-state index in [9.17, 15) is 4.79 Å². The van der Waals surface area contributed by atoms with Gasteiger partial charge in [0.15, 0.2) is 0 Å². The quantitative estimate of drug-likeness (QED) is 0.787. The molecule has 1 N–H and O–H groups in total. The summed E-state index contributed by atoms with van der Waals surface area (Å²) in [6.45, 7) is 0. The zero-order valence-corrected chi connectivity index (χ0v) is 11.4. The highest BCUT2D eigenvalue weighted by molar-refractivity contribution is 6.34. The summed E-state index contributed by atoms with van der Waals surface area (Å²) < 4.78 is 5.36. The Morgan fingerprint density at radius 2 is 2.05 bits per heavy atom. The first-order valence-corrected chi connectivity index (χ1v) is 6.39. The van der Waals surface area contributed by atoms with Gasteiger partial charge < -0.3 is 9.72 Å². The number of H-pyrrole nitrogens is 1. The Morgan fingerprint density at radius 1 is 1.20 bits per heavy atom. The SMILES string of the molecule is COc1cccc(Cl)c1-c1ccnc2ccc(=O)[nH]c12. The fourth-order valence-corrected chi connectivity index (χ4v) is 2.47. The van der Waals surface area contributed by atoms with E-state index in [0.717, 1.165) is 11.1 Å². The molecule has 0 unspecified atom stereocenters. The van der Waals surface area contributed by atoms with Gasteiger partial charge >= 0.3 is 0 Å². The van der Waals surface area contributed by atoms with Crippen molar-refractivity contribution in [3.8, 4) is 16.9 Å². The van der Waals surface area contributed by atoms with Crippen LogP contribution in [0.4, 0.5) is 0 Å². The molecule has 1 aromatic carbocycles. The molecule has 2 aromatic heterocycles. The molecule has 4 nitrogen and oxygen atoms in total. The highest BCUT2D eigenvalue weighted by Gasteiger charge is 2.14. The van der Waals surface area contributed by atoms with Crippen LogP contribution in [0.15, 0.2) is 47.4 Å². The summed E-state index contributed by atoms with van der Waals surface area (Å²) in [5, 5.41) is 0.557. The lowest BCUT2D eigenvalue weighted by atomic mass is 10.0. The number of aromatic amines is 1. The Hall–Kier alpha value is -2.33. The fourth-order valence-electron chi connectivity index (χ4n) is 2.20. The molecule has 0 fully saturated rings. The topological polar surface area (TPSA) is 55.0 Å². The molecule has 0 saturated heterocycles. The van der Waals surface area contributed by atoms with E-state index >= 15 is 0 Å². The monoisotopic (exact) mass is 286 g/mol. The Balaban J connectivity index is 2.41. The lowest BCUT2D eigenvalue weighted by Crippen LogP contribution is -2.04. The van der Waals surface area contributed by atoms with Crippen LogP contribution in [0.2, 0.25) is 5.02 Å². The summed E-state index contributed by atoms with van der Waals surface area (Å²) in [5.74, 6) is 0.648. The first-order chi connectivity index (χ1) is 9.70. The van der Waals surface area contributed by atoms with E-state index in [1.165, 1.54) is 6.07 Å². The Bertz CT molecular complexity index is 843. The Morgan fingerprint density at radius 3 is 2.85 bits per heavy atom. The number of nitrogens with zero attached hydrogens (tertiary/aromatic N) is 1. The van der Waals surface area contributed by atoms with Gasteiger partial charge in [0.2, 0.25) is 5.56 Å². The molecule has 100 valence electrons. The minimum absolute atomic E-state index is 0.183. The summed E-state index contributed by atoms with van der Waals surface area (Å²) in [5.41, 5.74) is 2.69. The summed E-state index contributed by atoms with van der Waals surface area (Å²) in [4.78, 5) is 18.6. The predicted molar refractivity (Wildman–Crippen MR) is 79.4 cm³/mol. The molecule has 0 radical (unpaired) electrons. The molecule has 0 bridgehead atoms. The van der Waals surface area contributed by atoms with Gasteiger partial charge in [-0.15, -0.1) is 0 Å². The van der Waals surface area contributed by atoms with Crippen LogP contribution in [0.25, 0.3) is 22.2 Å². The van der Waals surface area contributed by atoms with E-state index in [1.54, 1.807) is 25.4 Å². The average molecular weight is 287 g/mol. The summed E-state index contributed by atoms with van der Waals surface area (Å²) in [6, 6.07) is 10.4. The minimum Gasteiger partial charge on any atom is -0.496 e. The molecule has 0 aliphatic carbocycles.